The highest BCUT2D eigenvalue weighted by Gasteiger charge is 2.29. The lowest BCUT2D eigenvalue weighted by molar-refractivity contribution is 0.476. The highest BCUT2D eigenvalue weighted by molar-refractivity contribution is 7.92. The fourth-order valence-electron chi connectivity index (χ4n) is 6.60. The normalized spacial score (nSPS) is 13.2. The van der Waals surface area contributed by atoms with Gasteiger partial charge in [0, 0.05) is 11.4 Å². The fraction of sp³-hybridized carbons (Fsp3) is 0. The number of ether oxygens (including phenoxy) is 2. The van der Waals surface area contributed by atoms with Gasteiger partial charge in [0.25, 0.3) is 0 Å². The second-order valence-electron chi connectivity index (χ2n) is 12.2. The molecule has 254 valence electrons. The van der Waals surface area contributed by atoms with Gasteiger partial charge in [0.05, 0.1) is 42.3 Å². The van der Waals surface area contributed by atoms with Crippen molar-refractivity contribution in [3.8, 4) is 23.0 Å². The molecule has 52 heavy (non-hydrogen) atoms. The first-order valence-electron chi connectivity index (χ1n) is 16.4. The molecule has 0 amide bonds. The largest absolute Gasteiger partial charge is 0.453 e. The van der Waals surface area contributed by atoms with Crippen LogP contribution in [0.25, 0.3) is 0 Å². The standard InChI is InChI=1S/C42H28N2O6S2/c45-51(46,31-24-20-29(21-25-31)43-35-12-1-5-16-39(35)49-40-17-6-2-13-36(40)43)33-10-9-11-34(28-33)52(47,48)32-26-22-30(23-27-32)44-37-14-3-7-18-41(37)50-42-19-8-4-15-38(42)44/h1-28H. The van der Waals surface area contributed by atoms with Crippen LogP contribution in [0.2, 0.25) is 0 Å². The lowest BCUT2D eigenvalue weighted by Crippen LogP contribution is -2.15. The lowest BCUT2D eigenvalue weighted by atomic mass is 10.1. The maximum atomic E-state index is 13.9. The molecule has 0 radical (unpaired) electrons. The topological polar surface area (TPSA) is 93.2 Å². The third-order valence-corrected chi connectivity index (χ3v) is 12.6. The number of para-hydroxylation sites is 8. The molecule has 0 fully saturated rings. The molecule has 7 aromatic rings. The van der Waals surface area contributed by atoms with Crippen LogP contribution in [0.5, 0.6) is 23.0 Å². The maximum absolute atomic E-state index is 13.9. The summed E-state index contributed by atoms with van der Waals surface area (Å²) in [6.45, 7) is 0. The molecule has 0 saturated heterocycles. The average molecular weight is 721 g/mol. The van der Waals surface area contributed by atoms with Crippen molar-refractivity contribution in [3.63, 3.8) is 0 Å². The van der Waals surface area contributed by atoms with E-state index in [-0.39, 0.29) is 19.6 Å². The van der Waals surface area contributed by atoms with Gasteiger partial charge in [-0.1, -0.05) is 54.6 Å². The first-order valence-corrected chi connectivity index (χ1v) is 19.4. The van der Waals surface area contributed by atoms with E-state index in [9.17, 15) is 16.8 Å². The van der Waals surface area contributed by atoms with Gasteiger partial charge in [-0.2, -0.15) is 0 Å². The van der Waals surface area contributed by atoms with Crippen molar-refractivity contribution < 1.29 is 26.3 Å². The molecule has 2 heterocycles. The number of hydrogen-bond acceptors (Lipinski definition) is 8. The van der Waals surface area contributed by atoms with Crippen LogP contribution in [0.4, 0.5) is 34.1 Å². The van der Waals surface area contributed by atoms with Crippen LogP contribution in [-0.2, 0) is 19.7 Å². The van der Waals surface area contributed by atoms with E-state index in [0.717, 1.165) is 34.1 Å². The van der Waals surface area contributed by atoms with Crippen molar-refractivity contribution in [1.29, 1.82) is 0 Å². The quantitative estimate of drug-likeness (QED) is 0.168. The summed E-state index contributed by atoms with van der Waals surface area (Å²) in [5.74, 6) is 2.73. The maximum Gasteiger partial charge on any atom is 0.206 e. The van der Waals surface area contributed by atoms with Gasteiger partial charge in [-0.25, -0.2) is 16.8 Å². The molecular weight excluding hydrogens is 693 g/mol. The first kappa shape index (κ1) is 31.6. The second-order valence-corrected chi connectivity index (χ2v) is 16.1. The summed E-state index contributed by atoms with van der Waals surface area (Å²) in [6, 6.07) is 49.1. The van der Waals surface area contributed by atoms with Crippen molar-refractivity contribution in [2.24, 2.45) is 0 Å². The summed E-state index contributed by atoms with van der Waals surface area (Å²) < 4.78 is 67.8. The number of rotatable bonds is 6. The van der Waals surface area contributed by atoms with E-state index in [2.05, 4.69) is 0 Å². The number of fused-ring (bicyclic) bond motifs is 4. The van der Waals surface area contributed by atoms with Crippen LogP contribution in [0, 0.1) is 0 Å². The molecule has 0 bridgehead atoms. The summed E-state index contributed by atoms with van der Waals surface area (Å²) in [7, 11) is -8.15. The Morgan fingerprint density at radius 1 is 0.327 bits per heavy atom. The van der Waals surface area contributed by atoms with E-state index in [1.165, 1.54) is 48.5 Å². The Kier molecular flexibility index (Phi) is 7.39. The van der Waals surface area contributed by atoms with Gasteiger partial charge in [0.2, 0.25) is 19.7 Å². The zero-order chi connectivity index (χ0) is 35.5. The Bertz CT molecular complexity index is 2460. The molecule has 8 nitrogen and oxygen atoms in total. The molecular formula is C42H28N2O6S2. The number of hydrogen-bond donors (Lipinski definition) is 0. The number of benzene rings is 7. The number of nitrogens with zero attached hydrogens (tertiary/aromatic N) is 2. The minimum Gasteiger partial charge on any atom is -0.453 e. The van der Waals surface area contributed by atoms with Crippen LogP contribution >= 0.6 is 0 Å². The molecule has 0 aliphatic carbocycles. The molecule has 2 aliphatic heterocycles. The summed E-state index contributed by atoms with van der Waals surface area (Å²) >= 11 is 0. The Labute approximate surface area is 301 Å². The number of sulfone groups is 2. The van der Waals surface area contributed by atoms with Gasteiger partial charge in [0.15, 0.2) is 23.0 Å². The minimum absolute atomic E-state index is 0.0380. The molecule has 9 rings (SSSR count). The summed E-state index contributed by atoms with van der Waals surface area (Å²) in [6.07, 6.45) is 0. The zero-order valence-corrected chi connectivity index (χ0v) is 29.0. The van der Waals surface area contributed by atoms with E-state index in [4.69, 9.17) is 9.47 Å². The first-order chi connectivity index (χ1) is 25.3. The monoisotopic (exact) mass is 720 g/mol. The van der Waals surface area contributed by atoms with E-state index in [1.54, 1.807) is 24.3 Å². The lowest BCUT2D eigenvalue weighted by Gasteiger charge is -2.32. The third-order valence-electron chi connectivity index (χ3n) is 9.10. The molecule has 0 aromatic heterocycles. The second kappa shape index (κ2) is 12.2. The van der Waals surface area contributed by atoms with Crippen LogP contribution < -0.4 is 19.3 Å². The van der Waals surface area contributed by atoms with Gasteiger partial charge < -0.3 is 19.3 Å². The van der Waals surface area contributed by atoms with Gasteiger partial charge in [-0.15, -0.1) is 0 Å². The van der Waals surface area contributed by atoms with E-state index in [0.29, 0.717) is 23.0 Å². The van der Waals surface area contributed by atoms with Crippen molar-refractivity contribution in [1.82, 2.24) is 0 Å². The van der Waals surface area contributed by atoms with Crippen molar-refractivity contribution in [3.05, 3.63) is 170 Å². The molecule has 0 spiro atoms. The molecule has 0 unspecified atom stereocenters. The van der Waals surface area contributed by atoms with Crippen LogP contribution in [0.1, 0.15) is 0 Å². The molecule has 0 N–H and O–H groups in total. The van der Waals surface area contributed by atoms with Gasteiger partial charge >= 0.3 is 0 Å². The highest BCUT2D eigenvalue weighted by Crippen LogP contribution is 2.51. The van der Waals surface area contributed by atoms with Gasteiger partial charge in [-0.05, 0) is 115 Å². The molecule has 0 atom stereocenters. The van der Waals surface area contributed by atoms with E-state index in [1.807, 2.05) is 107 Å². The Morgan fingerprint density at radius 2 is 0.635 bits per heavy atom. The summed E-state index contributed by atoms with van der Waals surface area (Å²) in [5, 5.41) is 0. The smallest absolute Gasteiger partial charge is 0.206 e. The van der Waals surface area contributed by atoms with Gasteiger partial charge in [-0.3, -0.25) is 0 Å². The van der Waals surface area contributed by atoms with Crippen molar-refractivity contribution in [2.75, 3.05) is 9.80 Å². The predicted octanol–water partition coefficient (Wildman–Crippen LogP) is 10.5. The summed E-state index contributed by atoms with van der Waals surface area (Å²) in [4.78, 5) is 3.86. The average Bonchev–Trinajstić information content (AvgIpc) is 3.19. The van der Waals surface area contributed by atoms with Gasteiger partial charge in [0.1, 0.15) is 0 Å². The SMILES string of the molecule is O=S(=O)(c1ccc(N2c3ccccc3Oc3ccccc32)cc1)c1cccc(S(=O)(=O)c2ccc(N3c4ccccc4Oc4ccccc43)cc2)c1. The number of anilines is 6. The van der Waals surface area contributed by atoms with E-state index < -0.39 is 19.7 Å². The molecule has 0 saturated carbocycles. The Morgan fingerprint density at radius 3 is 0.962 bits per heavy atom. The van der Waals surface area contributed by atoms with Crippen LogP contribution in [0.3, 0.4) is 0 Å². The summed E-state index contributed by atoms with van der Waals surface area (Å²) in [5.41, 5.74) is 4.77. The highest BCUT2D eigenvalue weighted by atomic mass is 32.2. The van der Waals surface area contributed by atoms with E-state index >= 15 is 0 Å². The Balaban J connectivity index is 1.01. The van der Waals surface area contributed by atoms with Crippen molar-refractivity contribution in [2.45, 2.75) is 19.6 Å². The fourth-order valence-corrected chi connectivity index (χ4v) is 9.28. The molecule has 7 aromatic carbocycles. The minimum atomic E-state index is -4.08. The Hall–Kier alpha value is -6.36. The third kappa shape index (κ3) is 5.19. The molecule has 10 heteroatoms. The predicted molar refractivity (Wildman–Crippen MR) is 200 cm³/mol. The van der Waals surface area contributed by atoms with Crippen LogP contribution in [0.15, 0.2) is 189 Å². The zero-order valence-electron chi connectivity index (χ0n) is 27.3. The van der Waals surface area contributed by atoms with Crippen molar-refractivity contribution >= 4 is 53.8 Å². The molecule has 2 aliphatic rings. The van der Waals surface area contributed by atoms with Crippen LogP contribution in [-0.4, -0.2) is 16.8 Å².